The van der Waals surface area contributed by atoms with Gasteiger partial charge in [-0.2, -0.15) is 0 Å². The summed E-state index contributed by atoms with van der Waals surface area (Å²) < 4.78 is 25.4. The molecular weight excluding hydrogens is 260 g/mol. The van der Waals surface area contributed by atoms with E-state index in [1.807, 2.05) is 0 Å². The summed E-state index contributed by atoms with van der Waals surface area (Å²) in [5, 5.41) is 0. The minimum absolute atomic E-state index is 0.00313. The van der Waals surface area contributed by atoms with Crippen LogP contribution in [0.4, 0.5) is 8.78 Å². The van der Waals surface area contributed by atoms with Crippen molar-refractivity contribution in [3.8, 4) is 0 Å². The molecule has 0 spiro atoms. The summed E-state index contributed by atoms with van der Waals surface area (Å²) in [7, 11) is 2.13. The zero-order valence-electron chi connectivity index (χ0n) is 11.6. The van der Waals surface area contributed by atoms with Crippen molar-refractivity contribution < 1.29 is 13.6 Å². The molecule has 2 aliphatic rings. The van der Waals surface area contributed by atoms with Gasteiger partial charge in [0.1, 0.15) is 0 Å². The number of hydrogen-bond acceptors (Lipinski definition) is 2. The van der Waals surface area contributed by atoms with E-state index in [2.05, 4.69) is 11.9 Å². The Morgan fingerprint density at radius 3 is 2.50 bits per heavy atom. The summed E-state index contributed by atoms with van der Waals surface area (Å²) in [5.41, 5.74) is 0.378. The lowest BCUT2D eigenvalue weighted by atomic mass is 9.85. The highest BCUT2D eigenvalue weighted by atomic mass is 19.3. The minimum atomic E-state index is -2.52. The summed E-state index contributed by atoms with van der Waals surface area (Å²) in [6, 6.07) is 6.92. The van der Waals surface area contributed by atoms with E-state index in [0.29, 0.717) is 17.6 Å². The Balaban J connectivity index is 1.78. The van der Waals surface area contributed by atoms with E-state index in [1.165, 1.54) is 12.1 Å². The first-order valence-corrected chi connectivity index (χ1v) is 7.20. The summed E-state index contributed by atoms with van der Waals surface area (Å²) in [6.45, 7) is 0. The molecule has 20 heavy (non-hydrogen) atoms. The van der Waals surface area contributed by atoms with Crippen molar-refractivity contribution in [1.82, 2.24) is 4.90 Å². The first-order valence-electron chi connectivity index (χ1n) is 7.20. The standard InChI is InChI=1S/C16H19F2NO/c1-19-13-5-6-14(19)9-12(8-13)15(20)10-3-2-4-11(7-10)16(17)18/h2-4,7,12-14,16H,5-6,8-9H2,1H3. The van der Waals surface area contributed by atoms with Crippen LogP contribution in [0.2, 0.25) is 0 Å². The maximum Gasteiger partial charge on any atom is 0.263 e. The third-order valence-electron chi connectivity index (χ3n) is 4.89. The van der Waals surface area contributed by atoms with Crippen molar-refractivity contribution in [2.45, 2.75) is 44.2 Å². The van der Waals surface area contributed by atoms with Crippen LogP contribution < -0.4 is 0 Å². The molecule has 3 rings (SSSR count). The van der Waals surface area contributed by atoms with Gasteiger partial charge in [0.05, 0.1) is 0 Å². The van der Waals surface area contributed by atoms with E-state index in [1.54, 1.807) is 12.1 Å². The van der Waals surface area contributed by atoms with Crippen LogP contribution in [0.15, 0.2) is 24.3 Å². The van der Waals surface area contributed by atoms with Crippen LogP contribution in [0.3, 0.4) is 0 Å². The van der Waals surface area contributed by atoms with E-state index in [4.69, 9.17) is 0 Å². The summed E-state index contributed by atoms with van der Waals surface area (Å²) >= 11 is 0. The molecule has 2 aliphatic heterocycles. The molecule has 0 saturated carbocycles. The predicted octanol–water partition coefficient (Wildman–Crippen LogP) is 3.68. The van der Waals surface area contributed by atoms with Gasteiger partial charge in [0, 0.05) is 29.1 Å². The summed E-state index contributed by atoms with van der Waals surface area (Å²) in [5.74, 6) is 0.0362. The van der Waals surface area contributed by atoms with Gasteiger partial charge in [-0.1, -0.05) is 18.2 Å². The number of Topliss-reactive ketones (excluding diaryl/α,β-unsaturated/α-hetero) is 1. The van der Waals surface area contributed by atoms with Crippen molar-refractivity contribution in [1.29, 1.82) is 0 Å². The number of nitrogens with zero attached hydrogens (tertiary/aromatic N) is 1. The molecule has 2 unspecified atom stereocenters. The van der Waals surface area contributed by atoms with Crippen LogP contribution in [0.1, 0.15) is 48.0 Å². The number of ketones is 1. The number of carbonyl (C=O) groups excluding carboxylic acids is 1. The Hall–Kier alpha value is -1.29. The molecule has 0 N–H and O–H groups in total. The average molecular weight is 279 g/mol. The van der Waals surface area contributed by atoms with Crippen molar-refractivity contribution >= 4 is 5.78 Å². The Bertz CT molecular complexity index is 503. The highest BCUT2D eigenvalue weighted by Crippen LogP contribution is 2.38. The fourth-order valence-electron chi connectivity index (χ4n) is 3.69. The second-order valence-corrected chi connectivity index (χ2v) is 6.01. The van der Waals surface area contributed by atoms with Gasteiger partial charge in [-0.05, 0) is 38.8 Å². The van der Waals surface area contributed by atoms with Crippen LogP contribution in [0, 0.1) is 5.92 Å². The van der Waals surface area contributed by atoms with Gasteiger partial charge in [-0.15, -0.1) is 0 Å². The minimum Gasteiger partial charge on any atom is -0.300 e. The molecule has 0 aromatic heterocycles. The second-order valence-electron chi connectivity index (χ2n) is 6.01. The normalized spacial score (nSPS) is 29.9. The molecule has 1 aromatic rings. The molecule has 108 valence electrons. The highest BCUT2D eigenvalue weighted by Gasteiger charge is 2.40. The molecule has 2 nitrogen and oxygen atoms in total. The number of fused-ring (bicyclic) bond motifs is 2. The third-order valence-corrected chi connectivity index (χ3v) is 4.89. The third kappa shape index (κ3) is 2.37. The van der Waals surface area contributed by atoms with Crippen molar-refractivity contribution in [3.05, 3.63) is 35.4 Å². The van der Waals surface area contributed by atoms with Gasteiger partial charge >= 0.3 is 0 Å². The molecular formula is C16H19F2NO. The topological polar surface area (TPSA) is 20.3 Å². The fourth-order valence-corrected chi connectivity index (χ4v) is 3.69. The summed E-state index contributed by atoms with van der Waals surface area (Å²) in [4.78, 5) is 14.9. The first kappa shape index (κ1) is 13.7. The van der Waals surface area contributed by atoms with Crippen LogP contribution in [0.25, 0.3) is 0 Å². The van der Waals surface area contributed by atoms with Gasteiger partial charge in [0.25, 0.3) is 6.43 Å². The smallest absolute Gasteiger partial charge is 0.263 e. The highest BCUT2D eigenvalue weighted by molar-refractivity contribution is 5.98. The van der Waals surface area contributed by atoms with E-state index in [-0.39, 0.29) is 17.3 Å². The molecule has 0 aliphatic carbocycles. The predicted molar refractivity (Wildman–Crippen MR) is 73.0 cm³/mol. The Labute approximate surface area is 117 Å². The van der Waals surface area contributed by atoms with Gasteiger partial charge in [-0.25, -0.2) is 8.78 Å². The monoisotopic (exact) mass is 279 g/mol. The number of halogens is 2. The SMILES string of the molecule is CN1C2CCC1CC(C(=O)c1cccc(C(F)F)c1)C2. The maximum atomic E-state index is 12.7. The van der Waals surface area contributed by atoms with Gasteiger partial charge in [0.15, 0.2) is 5.78 Å². The molecule has 0 radical (unpaired) electrons. The zero-order valence-corrected chi connectivity index (χ0v) is 11.6. The van der Waals surface area contributed by atoms with Crippen LogP contribution >= 0.6 is 0 Å². The largest absolute Gasteiger partial charge is 0.300 e. The lowest BCUT2D eigenvalue weighted by molar-refractivity contribution is 0.0766. The quantitative estimate of drug-likeness (QED) is 0.787. The van der Waals surface area contributed by atoms with E-state index in [9.17, 15) is 13.6 Å². The number of piperidine rings is 1. The average Bonchev–Trinajstić information content (AvgIpc) is 2.68. The second kappa shape index (κ2) is 5.24. The van der Waals surface area contributed by atoms with Gasteiger partial charge < -0.3 is 4.90 Å². The molecule has 1 aromatic carbocycles. The Kier molecular flexibility index (Phi) is 3.59. The first-order chi connectivity index (χ1) is 9.56. The Morgan fingerprint density at radius 1 is 1.25 bits per heavy atom. The number of alkyl halides is 2. The van der Waals surface area contributed by atoms with E-state index >= 15 is 0 Å². The molecule has 4 heteroatoms. The molecule has 0 amide bonds. The number of rotatable bonds is 3. The van der Waals surface area contributed by atoms with Crippen LogP contribution in [-0.4, -0.2) is 29.8 Å². The van der Waals surface area contributed by atoms with Crippen molar-refractivity contribution in [2.75, 3.05) is 7.05 Å². The number of carbonyl (C=O) groups is 1. The fraction of sp³-hybridized carbons (Fsp3) is 0.562. The molecule has 2 fully saturated rings. The van der Waals surface area contributed by atoms with Crippen LogP contribution in [0.5, 0.6) is 0 Å². The molecule has 2 heterocycles. The lowest BCUT2D eigenvalue weighted by Crippen LogP contribution is -2.42. The van der Waals surface area contributed by atoms with Gasteiger partial charge in [-0.3, -0.25) is 4.79 Å². The maximum absolute atomic E-state index is 12.7. The van der Waals surface area contributed by atoms with E-state index < -0.39 is 6.43 Å². The van der Waals surface area contributed by atoms with Crippen molar-refractivity contribution in [3.63, 3.8) is 0 Å². The lowest BCUT2D eigenvalue weighted by Gasteiger charge is -2.35. The Morgan fingerprint density at radius 2 is 1.90 bits per heavy atom. The van der Waals surface area contributed by atoms with E-state index in [0.717, 1.165) is 25.7 Å². The summed E-state index contributed by atoms with van der Waals surface area (Å²) in [6.07, 6.45) is 1.52. The number of hydrogen-bond donors (Lipinski definition) is 0. The zero-order chi connectivity index (χ0) is 14.3. The van der Waals surface area contributed by atoms with Crippen LogP contribution in [-0.2, 0) is 0 Å². The molecule has 2 saturated heterocycles. The van der Waals surface area contributed by atoms with Crippen molar-refractivity contribution in [2.24, 2.45) is 5.92 Å². The molecule has 2 bridgehead atoms. The molecule has 2 atom stereocenters. The number of benzene rings is 1. The van der Waals surface area contributed by atoms with Gasteiger partial charge in [0.2, 0.25) is 0 Å².